The van der Waals surface area contributed by atoms with Gasteiger partial charge in [0.05, 0.1) is 0 Å². The van der Waals surface area contributed by atoms with Gasteiger partial charge in [0.25, 0.3) is 0 Å². The predicted molar refractivity (Wildman–Crippen MR) is 80.8 cm³/mol. The second-order valence-corrected chi connectivity index (χ2v) is 5.67. The molecular weight excluding hydrogens is 276 g/mol. The van der Waals surface area contributed by atoms with Crippen molar-refractivity contribution in [3.63, 3.8) is 0 Å². The lowest BCUT2D eigenvalue weighted by Gasteiger charge is -2.21. The Hall–Kier alpha value is -1.55. The summed E-state index contributed by atoms with van der Waals surface area (Å²) in [4.78, 5) is 26.9. The average Bonchev–Trinajstić information content (AvgIpc) is 2.38. The fourth-order valence-electron chi connectivity index (χ4n) is 1.83. The minimum Gasteiger partial charge on any atom is -0.349 e. The molecule has 0 unspecified atom stereocenters. The Labute approximate surface area is 125 Å². The van der Waals surface area contributed by atoms with Crippen molar-refractivity contribution in [3.05, 3.63) is 34.9 Å². The molecule has 2 amide bonds. The van der Waals surface area contributed by atoms with E-state index in [9.17, 15) is 9.59 Å². The molecule has 1 aromatic carbocycles. The van der Waals surface area contributed by atoms with Gasteiger partial charge in [0.2, 0.25) is 11.8 Å². The lowest BCUT2D eigenvalue weighted by Crippen LogP contribution is -2.27. The number of hydrogen-bond donors (Lipinski definition) is 0. The molecule has 0 heterocycles. The van der Waals surface area contributed by atoms with Gasteiger partial charge in [0.15, 0.2) is 0 Å². The minimum atomic E-state index is -0.128. The van der Waals surface area contributed by atoms with Crippen LogP contribution in [0.1, 0.15) is 24.3 Å². The SMILES string of the molecule is CN(C)C(=O)CC(CC(=O)N(C)C)c1ccc(Cl)cc1. The molecule has 0 fully saturated rings. The van der Waals surface area contributed by atoms with E-state index in [-0.39, 0.29) is 17.7 Å². The molecule has 0 saturated heterocycles. The highest BCUT2D eigenvalue weighted by molar-refractivity contribution is 6.30. The molecule has 0 bridgehead atoms. The first-order chi connectivity index (χ1) is 9.31. The van der Waals surface area contributed by atoms with E-state index in [1.165, 1.54) is 0 Å². The van der Waals surface area contributed by atoms with Gasteiger partial charge in [0, 0.05) is 52.0 Å². The van der Waals surface area contributed by atoms with E-state index in [2.05, 4.69) is 0 Å². The van der Waals surface area contributed by atoms with Crippen molar-refractivity contribution in [1.29, 1.82) is 0 Å². The van der Waals surface area contributed by atoms with Crippen LogP contribution < -0.4 is 0 Å². The zero-order valence-electron chi connectivity index (χ0n) is 12.4. The first-order valence-electron chi connectivity index (χ1n) is 6.47. The smallest absolute Gasteiger partial charge is 0.222 e. The van der Waals surface area contributed by atoms with Crippen LogP contribution in [0.2, 0.25) is 5.02 Å². The summed E-state index contributed by atoms with van der Waals surface area (Å²) >= 11 is 5.88. The molecule has 0 saturated carbocycles. The van der Waals surface area contributed by atoms with Gasteiger partial charge in [0.1, 0.15) is 0 Å². The van der Waals surface area contributed by atoms with Crippen molar-refractivity contribution in [3.8, 4) is 0 Å². The maximum absolute atomic E-state index is 11.9. The Morgan fingerprint density at radius 2 is 1.35 bits per heavy atom. The monoisotopic (exact) mass is 296 g/mol. The molecule has 0 N–H and O–H groups in total. The first kappa shape index (κ1) is 16.5. The number of carbonyl (C=O) groups is 2. The fraction of sp³-hybridized carbons (Fsp3) is 0.467. The third kappa shape index (κ3) is 4.85. The van der Waals surface area contributed by atoms with Gasteiger partial charge in [-0.3, -0.25) is 9.59 Å². The predicted octanol–water partition coefficient (Wildman–Crippen LogP) is 2.38. The summed E-state index contributed by atoms with van der Waals surface area (Å²) in [5, 5.41) is 0.644. The van der Waals surface area contributed by atoms with E-state index in [4.69, 9.17) is 11.6 Å². The molecule has 0 aliphatic carbocycles. The molecule has 0 aromatic heterocycles. The number of hydrogen-bond acceptors (Lipinski definition) is 2. The van der Waals surface area contributed by atoms with Crippen LogP contribution in [0.25, 0.3) is 0 Å². The molecule has 1 aromatic rings. The van der Waals surface area contributed by atoms with E-state index in [1.54, 1.807) is 50.1 Å². The van der Waals surface area contributed by atoms with E-state index >= 15 is 0 Å². The van der Waals surface area contributed by atoms with E-state index in [0.717, 1.165) is 5.56 Å². The van der Waals surface area contributed by atoms with Crippen molar-refractivity contribution in [2.45, 2.75) is 18.8 Å². The molecule has 5 heteroatoms. The number of benzene rings is 1. The second-order valence-electron chi connectivity index (χ2n) is 5.23. The Morgan fingerprint density at radius 3 is 1.70 bits per heavy atom. The molecule has 0 spiro atoms. The van der Waals surface area contributed by atoms with Gasteiger partial charge in [-0.25, -0.2) is 0 Å². The largest absolute Gasteiger partial charge is 0.349 e. The van der Waals surface area contributed by atoms with Crippen LogP contribution in [-0.2, 0) is 9.59 Å². The molecule has 0 aliphatic heterocycles. The second kappa shape index (κ2) is 7.29. The zero-order chi connectivity index (χ0) is 15.3. The summed E-state index contributed by atoms with van der Waals surface area (Å²) in [6.07, 6.45) is 0.627. The quantitative estimate of drug-likeness (QED) is 0.837. The Kier molecular flexibility index (Phi) is 6.02. The van der Waals surface area contributed by atoms with Crippen LogP contribution >= 0.6 is 11.6 Å². The zero-order valence-corrected chi connectivity index (χ0v) is 13.1. The van der Waals surface area contributed by atoms with Gasteiger partial charge < -0.3 is 9.80 Å². The van der Waals surface area contributed by atoms with Gasteiger partial charge in [-0.05, 0) is 17.7 Å². The van der Waals surface area contributed by atoms with Crippen molar-refractivity contribution < 1.29 is 9.59 Å². The number of halogens is 1. The molecular formula is C15H21ClN2O2. The van der Waals surface area contributed by atoms with Crippen molar-refractivity contribution >= 4 is 23.4 Å². The summed E-state index contributed by atoms with van der Waals surface area (Å²) in [7, 11) is 6.87. The summed E-state index contributed by atoms with van der Waals surface area (Å²) < 4.78 is 0. The minimum absolute atomic E-state index is 0.0107. The van der Waals surface area contributed by atoms with Crippen LogP contribution in [-0.4, -0.2) is 49.8 Å². The van der Waals surface area contributed by atoms with Gasteiger partial charge >= 0.3 is 0 Å². The maximum atomic E-state index is 11.9. The summed E-state index contributed by atoms with van der Waals surface area (Å²) in [6.45, 7) is 0. The lowest BCUT2D eigenvalue weighted by atomic mass is 9.91. The molecule has 4 nitrogen and oxygen atoms in total. The number of nitrogens with zero attached hydrogens (tertiary/aromatic N) is 2. The van der Waals surface area contributed by atoms with Gasteiger partial charge in [-0.15, -0.1) is 0 Å². The Bertz CT molecular complexity index is 447. The maximum Gasteiger partial charge on any atom is 0.222 e. The average molecular weight is 297 g/mol. The van der Waals surface area contributed by atoms with Crippen LogP contribution in [0, 0.1) is 0 Å². The summed E-state index contributed by atoms with van der Waals surface area (Å²) in [6, 6.07) is 7.31. The first-order valence-corrected chi connectivity index (χ1v) is 6.84. The topological polar surface area (TPSA) is 40.6 Å². The van der Waals surface area contributed by atoms with Crippen molar-refractivity contribution in [2.75, 3.05) is 28.2 Å². The highest BCUT2D eigenvalue weighted by atomic mass is 35.5. The summed E-state index contributed by atoms with van der Waals surface area (Å²) in [5.41, 5.74) is 0.958. The van der Waals surface area contributed by atoms with Gasteiger partial charge in [-0.2, -0.15) is 0 Å². The van der Waals surface area contributed by atoms with E-state index in [0.29, 0.717) is 17.9 Å². The van der Waals surface area contributed by atoms with Crippen molar-refractivity contribution in [1.82, 2.24) is 9.80 Å². The van der Waals surface area contributed by atoms with Crippen LogP contribution in [0.4, 0.5) is 0 Å². The van der Waals surface area contributed by atoms with E-state index in [1.807, 2.05) is 12.1 Å². The molecule has 0 aliphatic rings. The number of amides is 2. The van der Waals surface area contributed by atoms with E-state index < -0.39 is 0 Å². The highest BCUT2D eigenvalue weighted by Crippen LogP contribution is 2.26. The molecule has 20 heavy (non-hydrogen) atoms. The van der Waals surface area contributed by atoms with Gasteiger partial charge in [-0.1, -0.05) is 23.7 Å². The molecule has 0 atom stereocenters. The standard InChI is InChI=1S/C15H21ClN2O2/c1-17(2)14(19)9-12(10-15(20)18(3)4)11-5-7-13(16)8-6-11/h5-8,12H,9-10H2,1-4H3. The van der Waals surface area contributed by atoms with Crippen molar-refractivity contribution in [2.24, 2.45) is 0 Å². The molecule has 1 rings (SSSR count). The molecule has 0 radical (unpaired) electrons. The number of carbonyl (C=O) groups excluding carboxylic acids is 2. The third-order valence-electron chi connectivity index (χ3n) is 3.18. The van der Waals surface area contributed by atoms with Crippen LogP contribution in [0.3, 0.4) is 0 Å². The number of rotatable bonds is 5. The fourth-order valence-corrected chi connectivity index (χ4v) is 1.96. The Morgan fingerprint density at radius 1 is 0.950 bits per heavy atom. The third-order valence-corrected chi connectivity index (χ3v) is 3.43. The lowest BCUT2D eigenvalue weighted by molar-refractivity contribution is -0.130. The highest BCUT2D eigenvalue weighted by Gasteiger charge is 2.21. The van der Waals surface area contributed by atoms with Crippen LogP contribution in [0.5, 0.6) is 0 Å². The Balaban J connectivity index is 2.91. The normalized spacial score (nSPS) is 10.5. The molecule has 110 valence electrons. The summed E-state index contributed by atoms with van der Waals surface area (Å²) in [5.74, 6) is -0.106. The van der Waals surface area contributed by atoms with Crippen LogP contribution in [0.15, 0.2) is 24.3 Å².